The lowest BCUT2D eigenvalue weighted by Crippen LogP contribution is -2.46. The molecule has 6 heteroatoms. The monoisotopic (exact) mass is 320 g/mol. The van der Waals surface area contributed by atoms with E-state index in [-0.39, 0.29) is 18.4 Å². The van der Waals surface area contributed by atoms with E-state index < -0.39 is 17.9 Å². The molecule has 1 aromatic carbocycles. The van der Waals surface area contributed by atoms with Gasteiger partial charge in [0.15, 0.2) is 0 Å². The first-order valence-electron chi connectivity index (χ1n) is 7.58. The van der Waals surface area contributed by atoms with Gasteiger partial charge in [0.2, 0.25) is 5.91 Å². The van der Waals surface area contributed by atoms with Crippen molar-refractivity contribution >= 4 is 17.8 Å². The number of aryl methyl sites for hydroxylation is 2. The Balaban J connectivity index is 2.59. The van der Waals surface area contributed by atoms with Gasteiger partial charge in [0.25, 0.3) is 5.91 Å². The molecule has 0 aliphatic carbocycles. The number of nitrogens with one attached hydrogen (secondary N) is 2. The van der Waals surface area contributed by atoms with E-state index in [2.05, 4.69) is 10.6 Å². The van der Waals surface area contributed by atoms with Crippen LogP contribution in [0, 0.1) is 19.8 Å². The van der Waals surface area contributed by atoms with Crippen molar-refractivity contribution in [2.24, 2.45) is 5.92 Å². The van der Waals surface area contributed by atoms with Gasteiger partial charge in [0.05, 0.1) is 6.54 Å². The molecule has 0 unspecified atom stereocenters. The largest absolute Gasteiger partial charge is 0.480 e. The number of hydrogen-bond donors (Lipinski definition) is 3. The second kappa shape index (κ2) is 8.31. The number of benzene rings is 1. The highest BCUT2D eigenvalue weighted by Crippen LogP contribution is 2.10. The van der Waals surface area contributed by atoms with Gasteiger partial charge in [0, 0.05) is 5.56 Å². The van der Waals surface area contributed by atoms with Gasteiger partial charge in [-0.1, -0.05) is 31.5 Å². The molecule has 0 fully saturated rings. The van der Waals surface area contributed by atoms with Crippen LogP contribution in [0.3, 0.4) is 0 Å². The molecule has 0 spiro atoms. The van der Waals surface area contributed by atoms with Crippen molar-refractivity contribution < 1.29 is 19.5 Å². The minimum Gasteiger partial charge on any atom is -0.480 e. The molecule has 0 aromatic heterocycles. The van der Waals surface area contributed by atoms with Gasteiger partial charge >= 0.3 is 5.97 Å². The summed E-state index contributed by atoms with van der Waals surface area (Å²) in [7, 11) is 0. The predicted octanol–water partition coefficient (Wildman–Crippen LogP) is 1.65. The molecule has 0 bridgehead atoms. The van der Waals surface area contributed by atoms with E-state index >= 15 is 0 Å². The van der Waals surface area contributed by atoms with Crippen molar-refractivity contribution in [1.82, 2.24) is 10.6 Å². The Morgan fingerprint density at radius 1 is 1.17 bits per heavy atom. The molecule has 0 saturated carbocycles. The minimum atomic E-state index is -1.08. The zero-order chi connectivity index (χ0) is 17.6. The molecule has 126 valence electrons. The lowest BCUT2D eigenvalue weighted by molar-refractivity contribution is -0.142. The van der Waals surface area contributed by atoms with Crippen LogP contribution in [0.4, 0.5) is 0 Å². The summed E-state index contributed by atoms with van der Waals surface area (Å²) in [5.74, 6) is -1.80. The Hall–Kier alpha value is -2.37. The third-order valence-electron chi connectivity index (χ3n) is 3.39. The molecule has 3 N–H and O–H groups in total. The highest BCUT2D eigenvalue weighted by molar-refractivity contribution is 5.98. The van der Waals surface area contributed by atoms with E-state index in [1.807, 2.05) is 39.8 Å². The van der Waals surface area contributed by atoms with E-state index in [1.165, 1.54) is 0 Å². The average molecular weight is 320 g/mol. The van der Waals surface area contributed by atoms with Crippen molar-refractivity contribution in [3.63, 3.8) is 0 Å². The van der Waals surface area contributed by atoms with Gasteiger partial charge in [0.1, 0.15) is 6.04 Å². The van der Waals surface area contributed by atoms with Crippen LogP contribution in [-0.2, 0) is 9.59 Å². The van der Waals surface area contributed by atoms with E-state index in [4.69, 9.17) is 5.11 Å². The average Bonchev–Trinajstić information content (AvgIpc) is 2.46. The zero-order valence-corrected chi connectivity index (χ0v) is 14.0. The quantitative estimate of drug-likeness (QED) is 0.712. The van der Waals surface area contributed by atoms with Gasteiger partial charge < -0.3 is 15.7 Å². The summed E-state index contributed by atoms with van der Waals surface area (Å²) in [6, 6.07) is 4.55. The van der Waals surface area contributed by atoms with Gasteiger partial charge in [-0.15, -0.1) is 0 Å². The molecule has 0 radical (unpaired) electrons. The molecular formula is C17H24N2O4. The first kappa shape index (κ1) is 18.7. The molecule has 1 aromatic rings. The minimum absolute atomic E-state index is 0.140. The Labute approximate surface area is 136 Å². The maximum atomic E-state index is 12.1. The van der Waals surface area contributed by atoms with Crippen molar-refractivity contribution in [2.45, 2.75) is 40.2 Å². The molecule has 1 rings (SSSR count). The SMILES string of the molecule is Cc1ccc(C)c(C(=O)NCC(=O)N[C@@H](CC(C)C)C(=O)O)c1. The molecule has 23 heavy (non-hydrogen) atoms. The third kappa shape index (κ3) is 6.10. The van der Waals surface area contributed by atoms with Gasteiger partial charge in [-0.25, -0.2) is 4.79 Å². The van der Waals surface area contributed by atoms with Crippen LogP contribution < -0.4 is 10.6 Å². The number of carbonyl (C=O) groups is 3. The third-order valence-corrected chi connectivity index (χ3v) is 3.39. The summed E-state index contributed by atoms with van der Waals surface area (Å²) in [6.45, 7) is 7.20. The van der Waals surface area contributed by atoms with Crippen molar-refractivity contribution in [3.05, 3.63) is 34.9 Å². The fraction of sp³-hybridized carbons (Fsp3) is 0.471. The van der Waals surface area contributed by atoms with Crippen LogP contribution in [0.5, 0.6) is 0 Å². The summed E-state index contributed by atoms with van der Waals surface area (Å²) >= 11 is 0. The predicted molar refractivity (Wildman–Crippen MR) is 87.3 cm³/mol. The van der Waals surface area contributed by atoms with Crippen LogP contribution in [0.1, 0.15) is 41.8 Å². The summed E-state index contributed by atoms with van der Waals surface area (Å²) in [4.78, 5) is 35.1. The number of carboxylic acids is 1. The van der Waals surface area contributed by atoms with Crippen molar-refractivity contribution in [2.75, 3.05) is 6.54 Å². The maximum Gasteiger partial charge on any atom is 0.326 e. The highest BCUT2D eigenvalue weighted by Gasteiger charge is 2.21. The number of aliphatic carboxylic acids is 1. The Morgan fingerprint density at radius 3 is 2.39 bits per heavy atom. The zero-order valence-electron chi connectivity index (χ0n) is 14.0. The highest BCUT2D eigenvalue weighted by atomic mass is 16.4. The summed E-state index contributed by atoms with van der Waals surface area (Å²) < 4.78 is 0. The Bertz CT molecular complexity index is 596. The summed E-state index contributed by atoms with van der Waals surface area (Å²) in [5.41, 5.74) is 2.28. The second-order valence-corrected chi connectivity index (χ2v) is 6.09. The lowest BCUT2D eigenvalue weighted by Gasteiger charge is -2.16. The molecule has 1 atom stereocenters. The summed E-state index contributed by atoms with van der Waals surface area (Å²) in [6.07, 6.45) is 0.339. The summed E-state index contributed by atoms with van der Waals surface area (Å²) in [5, 5.41) is 14.0. The number of carbonyl (C=O) groups excluding carboxylic acids is 2. The smallest absolute Gasteiger partial charge is 0.326 e. The molecule has 6 nitrogen and oxygen atoms in total. The fourth-order valence-electron chi connectivity index (χ4n) is 2.17. The fourth-order valence-corrected chi connectivity index (χ4v) is 2.17. The Kier molecular flexibility index (Phi) is 6.75. The van der Waals surface area contributed by atoms with Crippen LogP contribution in [-0.4, -0.2) is 35.5 Å². The van der Waals surface area contributed by atoms with Crippen LogP contribution >= 0.6 is 0 Å². The number of rotatable bonds is 7. The number of carboxylic acid groups (broad SMARTS) is 1. The number of hydrogen-bond acceptors (Lipinski definition) is 3. The molecule has 0 aliphatic heterocycles. The van der Waals surface area contributed by atoms with E-state index in [9.17, 15) is 14.4 Å². The van der Waals surface area contributed by atoms with Crippen LogP contribution in [0.15, 0.2) is 18.2 Å². The van der Waals surface area contributed by atoms with Crippen LogP contribution in [0.2, 0.25) is 0 Å². The van der Waals surface area contributed by atoms with Crippen molar-refractivity contribution in [3.8, 4) is 0 Å². The van der Waals surface area contributed by atoms with Crippen molar-refractivity contribution in [1.29, 1.82) is 0 Å². The van der Waals surface area contributed by atoms with Crippen LogP contribution in [0.25, 0.3) is 0 Å². The Morgan fingerprint density at radius 2 is 1.83 bits per heavy atom. The second-order valence-electron chi connectivity index (χ2n) is 6.09. The molecule has 0 aliphatic rings. The lowest BCUT2D eigenvalue weighted by atomic mass is 10.0. The standard InChI is InChI=1S/C17H24N2O4/c1-10(2)7-14(17(22)23)19-15(20)9-18-16(21)13-8-11(3)5-6-12(13)4/h5-6,8,10,14H,7,9H2,1-4H3,(H,18,21)(H,19,20)(H,22,23)/t14-/m0/s1. The number of amides is 2. The topological polar surface area (TPSA) is 95.5 Å². The van der Waals surface area contributed by atoms with E-state index in [0.29, 0.717) is 12.0 Å². The van der Waals surface area contributed by atoms with E-state index in [1.54, 1.807) is 6.07 Å². The molecule has 0 heterocycles. The maximum absolute atomic E-state index is 12.1. The van der Waals surface area contributed by atoms with Gasteiger partial charge in [-0.2, -0.15) is 0 Å². The van der Waals surface area contributed by atoms with Gasteiger partial charge in [-0.05, 0) is 37.8 Å². The molecule has 0 saturated heterocycles. The van der Waals surface area contributed by atoms with Gasteiger partial charge in [-0.3, -0.25) is 9.59 Å². The molecular weight excluding hydrogens is 296 g/mol. The molecule has 2 amide bonds. The van der Waals surface area contributed by atoms with E-state index in [0.717, 1.165) is 11.1 Å². The first-order chi connectivity index (χ1) is 10.7. The normalized spacial score (nSPS) is 11.9. The first-order valence-corrected chi connectivity index (χ1v) is 7.58.